The maximum Gasteiger partial charge on any atom is 0.326 e. The maximum absolute atomic E-state index is 11.9. The van der Waals surface area contributed by atoms with Crippen LogP contribution in [0.2, 0.25) is 0 Å². The van der Waals surface area contributed by atoms with E-state index in [9.17, 15) is 14.4 Å². The van der Waals surface area contributed by atoms with E-state index in [4.69, 9.17) is 5.73 Å². The van der Waals surface area contributed by atoms with Gasteiger partial charge in [-0.15, -0.1) is 0 Å². The summed E-state index contributed by atoms with van der Waals surface area (Å²) in [5, 5.41) is 7.39. The second-order valence-corrected chi connectivity index (χ2v) is 6.28. The predicted octanol–water partition coefficient (Wildman–Crippen LogP) is 1.78. The average Bonchev–Trinajstić information content (AvgIpc) is 3.09. The zero-order chi connectivity index (χ0) is 20.5. The molecular formula is C20H16N6O3. The van der Waals surface area contributed by atoms with E-state index in [1.54, 1.807) is 47.3 Å². The third-order valence-electron chi connectivity index (χ3n) is 4.36. The van der Waals surface area contributed by atoms with Crippen molar-refractivity contribution in [2.75, 3.05) is 11.1 Å². The summed E-state index contributed by atoms with van der Waals surface area (Å²) in [7, 11) is 0. The van der Waals surface area contributed by atoms with Crippen LogP contribution in [0.25, 0.3) is 27.7 Å². The largest absolute Gasteiger partial charge is 0.382 e. The van der Waals surface area contributed by atoms with Gasteiger partial charge in [0.2, 0.25) is 5.91 Å². The second-order valence-electron chi connectivity index (χ2n) is 6.28. The van der Waals surface area contributed by atoms with Crippen LogP contribution in [-0.2, 0) is 4.79 Å². The van der Waals surface area contributed by atoms with Crippen LogP contribution in [0.1, 0.15) is 0 Å². The zero-order valence-electron chi connectivity index (χ0n) is 15.1. The Balaban J connectivity index is 1.75. The molecule has 4 rings (SSSR count). The summed E-state index contributed by atoms with van der Waals surface area (Å²) in [5.41, 5.74) is 8.06. The van der Waals surface area contributed by atoms with Crippen molar-refractivity contribution < 1.29 is 4.79 Å². The van der Waals surface area contributed by atoms with E-state index >= 15 is 0 Å². The van der Waals surface area contributed by atoms with Crippen LogP contribution >= 0.6 is 0 Å². The van der Waals surface area contributed by atoms with E-state index in [0.29, 0.717) is 33.4 Å². The van der Waals surface area contributed by atoms with Gasteiger partial charge in [0.15, 0.2) is 5.82 Å². The number of carbonyl (C=O) groups excluding carboxylic acids is 1. The van der Waals surface area contributed by atoms with Crippen LogP contribution in [-0.4, -0.2) is 25.7 Å². The zero-order valence-corrected chi connectivity index (χ0v) is 15.1. The van der Waals surface area contributed by atoms with Crippen molar-refractivity contribution in [1.82, 2.24) is 19.7 Å². The number of aromatic nitrogens is 4. The maximum atomic E-state index is 11.9. The smallest absolute Gasteiger partial charge is 0.326 e. The first-order valence-corrected chi connectivity index (χ1v) is 8.60. The summed E-state index contributed by atoms with van der Waals surface area (Å²) < 4.78 is 1.58. The van der Waals surface area contributed by atoms with Gasteiger partial charge in [-0.05, 0) is 42.0 Å². The fraction of sp³-hybridized carbons (Fsp3) is 0. The molecule has 0 atom stereocenters. The van der Waals surface area contributed by atoms with Crippen LogP contribution in [0.5, 0.6) is 0 Å². The number of hydrogen-bond acceptors (Lipinski definition) is 5. The lowest BCUT2D eigenvalue weighted by Crippen LogP contribution is -2.21. The van der Waals surface area contributed by atoms with Crippen LogP contribution < -0.4 is 22.3 Å². The molecule has 2 heterocycles. The van der Waals surface area contributed by atoms with Crippen molar-refractivity contribution in [3.8, 4) is 16.8 Å². The number of nitrogen functional groups attached to an aromatic ring is 1. The van der Waals surface area contributed by atoms with Gasteiger partial charge in [0, 0.05) is 17.4 Å². The molecular weight excluding hydrogens is 372 g/mol. The lowest BCUT2D eigenvalue weighted by molar-refractivity contribution is -0.111. The molecule has 0 bridgehead atoms. The van der Waals surface area contributed by atoms with Crippen molar-refractivity contribution in [3.63, 3.8) is 0 Å². The Bertz CT molecular complexity index is 1380. The molecule has 0 saturated carbocycles. The summed E-state index contributed by atoms with van der Waals surface area (Å²) in [4.78, 5) is 39.7. The van der Waals surface area contributed by atoms with Gasteiger partial charge in [0.05, 0.1) is 16.6 Å². The fourth-order valence-corrected chi connectivity index (χ4v) is 3.00. The molecule has 0 aliphatic carbocycles. The lowest BCUT2D eigenvalue weighted by atomic mass is 10.1. The number of amides is 1. The number of carbonyl (C=O) groups is 1. The number of nitrogens with zero attached hydrogens (tertiary/aromatic N) is 2. The van der Waals surface area contributed by atoms with Gasteiger partial charge >= 0.3 is 5.69 Å². The third-order valence-corrected chi connectivity index (χ3v) is 4.36. The number of aromatic amines is 2. The van der Waals surface area contributed by atoms with E-state index in [1.165, 1.54) is 6.08 Å². The highest BCUT2D eigenvalue weighted by molar-refractivity contribution is 5.99. The number of hydrogen-bond donors (Lipinski definition) is 4. The summed E-state index contributed by atoms with van der Waals surface area (Å²) in [6.07, 6.45) is 2.92. The highest BCUT2D eigenvalue weighted by atomic mass is 16.2. The van der Waals surface area contributed by atoms with Crippen LogP contribution in [0.15, 0.2) is 70.9 Å². The first-order chi connectivity index (χ1) is 13.9. The highest BCUT2D eigenvalue weighted by Crippen LogP contribution is 2.28. The molecule has 0 spiro atoms. The molecule has 0 aliphatic heterocycles. The van der Waals surface area contributed by atoms with Crippen molar-refractivity contribution in [3.05, 3.63) is 82.2 Å². The van der Waals surface area contributed by atoms with Crippen molar-refractivity contribution in [2.45, 2.75) is 0 Å². The van der Waals surface area contributed by atoms with Crippen molar-refractivity contribution in [2.24, 2.45) is 0 Å². The molecule has 0 saturated heterocycles. The van der Waals surface area contributed by atoms with Crippen molar-refractivity contribution in [1.29, 1.82) is 0 Å². The molecule has 1 amide bonds. The second kappa shape index (κ2) is 6.97. The van der Waals surface area contributed by atoms with Crippen LogP contribution in [0, 0.1) is 0 Å². The van der Waals surface area contributed by atoms with Gasteiger partial charge < -0.3 is 16.0 Å². The van der Waals surface area contributed by atoms with E-state index in [-0.39, 0.29) is 11.7 Å². The molecule has 2 aromatic heterocycles. The molecule has 5 N–H and O–H groups in total. The third kappa shape index (κ3) is 3.44. The Hall–Kier alpha value is -4.40. The van der Waals surface area contributed by atoms with E-state index in [1.807, 2.05) is 6.07 Å². The number of nitrogens with one attached hydrogen (secondary N) is 3. The quantitative estimate of drug-likeness (QED) is 0.395. The monoisotopic (exact) mass is 388 g/mol. The van der Waals surface area contributed by atoms with Gasteiger partial charge in [0.1, 0.15) is 0 Å². The summed E-state index contributed by atoms with van der Waals surface area (Å²) in [6.45, 7) is 3.43. The number of fused-ring (bicyclic) bond motifs is 1. The number of anilines is 2. The minimum Gasteiger partial charge on any atom is -0.382 e. The van der Waals surface area contributed by atoms with Gasteiger partial charge in [-0.3, -0.25) is 14.6 Å². The fourth-order valence-electron chi connectivity index (χ4n) is 3.00. The van der Waals surface area contributed by atoms with Crippen LogP contribution in [0.3, 0.4) is 0 Å². The molecule has 2 aromatic carbocycles. The highest BCUT2D eigenvalue weighted by Gasteiger charge is 2.12. The minimum absolute atomic E-state index is 0.275. The molecule has 144 valence electrons. The van der Waals surface area contributed by atoms with E-state index < -0.39 is 11.2 Å². The average molecular weight is 388 g/mol. The number of rotatable bonds is 4. The number of nitrogens with two attached hydrogens (primary N) is 1. The van der Waals surface area contributed by atoms with Crippen LogP contribution in [0.4, 0.5) is 11.5 Å². The molecule has 0 unspecified atom stereocenters. The topological polar surface area (TPSA) is 139 Å². The van der Waals surface area contributed by atoms with Gasteiger partial charge in [-0.25, -0.2) is 9.48 Å². The Morgan fingerprint density at radius 3 is 2.79 bits per heavy atom. The standard InChI is InChI=1S/C20H16N6O3/c1-2-17(27)22-12-4-3-5-13(9-12)26-10-15(18(21)25-26)11-6-7-14-16(8-11)23-20(29)24-19(14)28/h2-10H,1H2,(H2,21,25)(H,22,27)(H2,23,24,28,29). The normalized spacial score (nSPS) is 10.8. The molecule has 9 heteroatoms. The first kappa shape index (κ1) is 18.0. The van der Waals surface area contributed by atoms with Gasteiger partial charge in [-0.1, -0.05) is 18.7 Å². The minimum atomic E-state index is -0.582. The molecule has 0 fully saturated rings. The van der Waals surface area contributed by atoms with E-state index in [0.717, 1.165) is 0 Å². The number of benzene rings is 2. The summed E-state index contributed by atoms with van der Waals surface area (Å²) >= 11 is 0. The summed E-state index contributed by atoms with van der Waals surface area (Å²) in [6, 6.07) is 12.1. The number of H-pyrrole nitrogens is 2. The van der Waals surface area contributed by atoms with Gasteiger partial charge in [0.25, 0.3) is 5.56 Å². The first-order valence-electron chi connectivity index (χ1n) is 8.60. The Morgan fingerprint density at radius 2 is 2.00 bits per heavy atom. The Labute approximate surface area is 163 Å². The molecule has 0 radical (unpaired) electrons. The molecule has 29 heavy (non-hydrogen) atoms. The van der Waals surface area contributed by atoms with E-state index in [2.05, 4.69) is 27.0 Å². The molecule has 9 nitrogen and oxygen atoms in total. The molecule has 4 aromatic rings. The lowest BCUT2D eigenvalue weighted by Gasteiger charge is -2.05. The summed E-state index contributed by atoms with van der Waals surface area (Å²) in [5.74, 6) is -0.0416. The molecule has 0 aliphatic rings. The SMILES string of the molecule is C=CC(=O)Nc1cccc(-n2cc(-c3ccc4c(=O)[nH]c(=O)[nH]c4c3)c(N)n2)c1. The van der Waals surface area contributed by atoms with Crippen molar-refractivity contribution >= 4 is 28.3 Å². The Kier molecular flexibility index (Phi) is 4.32. The predicted molar refractivity (Wildman–Crippen MR) is 111 cm³/mol. The van der Waals surface area contributed by atoms with Gasteiger partial charge in [-0.2, -0.15) is 5.10 Å². The Morgan fingerprint density at radius 1 is 1.17 bits per heavy atom.